The van der Waals surface area contributed by atoms with E-state index in [0.29, 0.717) is 54.8 Å². The van der Waals surface area contributed by atoms with Crippen molar-refractivity contribution >= 4 is 11.9 Å². The van der Waals surface area contributed by atoms with Gasteiger partial charge in [0.05, 0.1) is 38.0 Å². The summed E-state index contributed by atoms with van der Waals surface area (Å²) in [5.41, 5.74) is 4.29. The smallest absolute Gasteiger partial charge is 0.272 e. The molecule has 0 radical (unpaired) electrons. The van der Waals surface area contributed by atoms with Gasteiger partial charge in [0.25, 0.3) is 11.8 Å². The normalized spacial score (nSPS) is 19.3. The summed E-state index contributed by atoms with van der Waals surface area (Å²) >= 11 is 0. The Hall–Kier alpha value is -4.04. The van der Waals surface area contributed by atoms with E-state index in [-0.39, 0.29) is 30.5 Å². The number of carbonyl (C=O) groups excluding carboxylic acids is 1. The molecule has 41 heavy (non-hydrogen) atoms. The van der Waals surface area contributed by atoms with Crippen LogP contribution in [0, 0.1) is 11.3 Å². The lowest BCUT2D eigenvalue weighted by atomic mass is 9.80. The van der Waals surface area contributed by atoms with Crippen molar-refractivity contribution in [1.29, 1.82) is 5.26 Å². The first-order chi connectivity index (χ1) is 19.7. The number of rotatable bonds is 9. The van der Waals surface area contributed by atoms with Gasteiger partial charge in [-0.2, -0.15) is 5.26 Å². The molecule has 0 bridgehead atoms. The molecule has 1 spiro atoms. The van der Waals surface area contributed by atoms with Crippen molar-refractivity contribution in [2.24, 2.45) is 0 Å². The van der Waals surface area contributed by atoms with E-state index in [9.17, 15) is 18.8 Å². The second-order valence-corrected chi connectivity index (χ2v) is 11.3. The van der Waals surface area contributed by atoms with Crippen LogP contribution in [0.1, 0.15) is 71.0 Å². The highest BCUT2D eigenvalue weighted by atomic mass is 19.3. The number of benzene rings is 1. The fraction of sp³-hybridized carbons (Fsp3) is 0.467. The standard InChI is InChI=1S/C30H33F2N7O2/c1-4-41-25-11-24(36-13-22(25)12-33)19(2)39-16-29(5-6-29)26-21(15-37-17-30(31,32)18-37)9-20(10-23(26)27(39)40)14-38-8-7-35-28(38)34-3/h7-11,13,19H,4-6,14-18H2,1-3H3,(H,34,35)/t19-/m0/s1. The van der Waals surface area contributed by atoms with Crippen molar-refractivity contribution in [1.82, 2.24) is 24.3 Å². The van der Waals surface area contributed by atoms with Gasteiger partial charge in [0.1, 0.15) is 17.4 Å². The highest BCUT2D eigenvalue weighted by molar-refractivity contribution is 5.99. The number of likely N-dealkylation sites (tertiary alicyclic amines) is 1. The van der Waals surface area contributed by atoms with Gasteiger partial charge in [0.15, 0.2) is 0 Å². The van der Waals surface area contributed by atoms with Crippen molar-refractivity contribution in [2.45, 2.75) is 57.2 Å². The van der Waals surface area contributed by atoms with E-state index >= 15 is 0 Å². The Morgan fingerprint density at radius 3 is 2.61 bits per heavy atom. The zero-order valence-corrected chi connectivity index (χ0v) is 23.5. The van der Waals surface area contributed by atoms with Crippen LogP contribution in [-0.4, -0.2) is 69.5 Å². The summed E-state index contributed by atoms with van der Waals surface area (Å²) in [7, 11) is 1.80. The van der Waals surface area contributed by atoms with Gasteiger partial charge < -0.3 is 19.5 Å². The van der Waals surface area contributed by atoms with E-state index in [1.54, 1.807) is 24.2 Å². The zero-order valence-electron chi connectivity index (χ0n) is 23.5. The summed E-state index contributed by atoms with van der Waals surface area (Å²) in [6.45, 7) is 5.06. The third kappa shape index (κ3) is 4.90. The highest BCUT2D eigenvalue weighted by Gasteiger charge is 2.54. The minimum absolute atomic E-state index is 0.106. The van der Waals surface area contributed by atoms with Gasteiger partial charge in [-0.1, -0.05) is 6.07 Å². The van der Waals surface area contributed by atoms with Gasteiger partial charge in [-0.15, -0.1) is 0 Å². The predicted molar refractivity (Wildman–Crippen MR) is 148 cm³/mol. The Bertz CT molecular complexity index is 1530. The van der Waals surface area contributed by atoms with Gasteiger partial charge in [-0.3, -0.25) is 14.7 Å². The minimum atomic E-state index is -2.66. The number of carbonyl (C=O) groups is 1. The average molecular weight is 562 g/mol. The van der Waals surface area contributed by atoms with Gasteiger partial charge in [0, 0.05) is 55.8 Å². The largest absolute Gasteiger partial charge is 0.492 e. The molecular weight excluding hydrogens is 528 g/mol. The van der Waals surface area contributed by atoms with Gasteiger partial charge in [0.2, 0.25) is 5.95 Å². The molecule has 1 N–H and O–H groups in total. The van der Waals surface area contributed by atoms with E-state index in [4.69, 9.17) is 4.74 Å². The van der Waals surface area contributed by atoms with Crippen molar-refractivity contribution < 1.29 is 18.3 Å². The molecule has 11 heteroatoms. The van der Waals surface area contributed by atoms with Crippen LogP contribution in [0.5, 0.6) is 5.75 Å². The number of anilines is 1. The number of hydrogen-bond donors (Lipinski definition) is 1. The number of imidazole rings is 1. The lowest BCUT2D eigenvalue weighted by Gasteiger charge is -2.42. The maximum atomic E-state index is 14.2. The number of nitrogens with zero attached hydrogens (tertiary/aromatic N) is 6. The quantitative estimate of drug-likeness (QED) is 0.415. The Balaban J connectivity index is 1.39. The van der Waals surface area contributed by atoms with Crippen LogP contribution in [-0.2, 0) is 18.5 Å². The number of nitrogens with one attached hydrogen (secondary N) is 1. The molecule has 3 aromatic rings. The number of hydrogen-bond acceptors (Lipinski definition) is 7. The molecule has 4 heterocycles. The van der Waals surface area contributed by atoms with Crippen molar-refractivity contribution in [2.75, 3.05) is 38.6 Å². The van der Waals surface area contributed by atoms with Crippen LogP contribution in [0.15, 0.2) is 36.8 Å². The topological polar surface area (TPSA) is 99.3 Å². The molecule has 1 saturated heterocycles. The summed E-state index contributed by atoms with van der Waals surface area (Å²) < 4.78 is 35.1. The molecule has 1 saturated carbocycles. The molecule has 6 rings (SSSR count). The van der Waals surface area contributed by atoms with E-state index in [1.807, 2.05) is 35.6 Å². The lowest BCUT2D eigenvalue weighted by molar-refractivity contribution is -0.134. The maximum Gasteiger partial charge on any atom is 0.272 e. The number of alkyl halides is 2. The number of ether oxygens (including phenoxy) is 1. The monoisotopic (exact) mass is 561 g/mol. The highest BCUT2D eigenvalue weighted by Crippen LogP contribution is 2.55. The lowest BCUT2D eigenvalue weighted by Crippen LogP contribution is -2.55. The van der Waals surface area contributed by atoms with Crippen molar-refractivity contribution in [3.63, 3.8) is 0 Å². The van der Waals surface area contributed by atoms with E-state index in [1.165, 1.54) is 6.20 Å². The van der Waals surface area contributed by atoms with Crippen LogP contribution >= 0.6 is 0 Å². The van der Waals surface area contributed by atoms with Crippen LogP contribution < -0.4 is 10.1 Å². The predicted octanol–water partition coefficient (Wildman–Crippen LogP) is 4.34. The second kappa shape index (κ2) is 10.1. The molecule has 3 aliphatic rings. The third-order valence-electron chi connectivity index (χ3n) is 8.43. The maximum absolute atomic E-state index is 14.2. The number of amides is 1. The Morgan fingerprint density at radius 2 is 1.95 bits per heavy atom. The first-order valence-corrected chi connectivity index (χ1v) is 14.0. The van der Waals surface area contributed by atoms with Gasteiger partial charge in [-0.05, 0) is 49.4 Å². The van der Waals surface area contributed by atoms with Crippen LogP contribution in [0.25, 0.3) is 0 Å². The Morgan fingerprint density at radius 1 is 1.17 bits per heavy atom. The summed E-state index contributed by atoms with van der Waals surface area (Å²) in [6, 6.07) is 7.54. The molecule has 1 aromatic carbocycles. The van der Waals surface area contributed by atoms with Crippen molar-refractivity contribution in [3.05, 3.63) is 70.3 Å². The minimum Gasteiger partial charge on any atom is -0.492 e. The molecule has 1 aliphatic carbocycles. The third-order valence-corrected chi connectivity index (χ3v) is 8.43. The summed E-state index contributed by atoms with van der Waals surface area (Å²) in [4.78, 5) is 26.7. The van der Waals surface area contributed by atoms with Gasteiger partial charge >= 0.3 is 0 Å². The van der Waals surface area contributed by atoms with E-state index in [2.05, 4.69) is 27.4 Å². The average Bonchev–Trinajstić information content (AvgIpc) is 3.56. The molecule has 2 fully saturated rings. The molecule has 2 aromatic heterocycles. The van der Waals surface area contributed by atoms with Crippen LogP contribution in [0.4, 0.5) is 14.7 Å². The summed E-state index contributed by atoms with van der Waals surface area (Å²) in [6.07, 6.45) is 6.93. The van der Waals surface area contributed by atoms with Gasteiger partial charge in [-0.25, -0.2) is 13.8 Å². The van der Waals surface area contributed by atoms with Crippen LogP contribution in [0.3, 0.4) is 0 Å². The van der Waals surface area contributed by atoms with E-state index in [0.717, 1.165) is 29.5 Å². The summed E-state index contributed by atoms with van der Waals surface area (Å²) in [5.74, 6) is -1.62. The number of fused-ring (bicyclic) bond motifs is 2. The number of nitriles is 1. The van der Waals surface area contributed by atoms with E-state index < -0.39 is 5.92 Å². The van der Waals surface area contributed by atoms with Crippen molar-refractivity contribution in [3.8, 4) is 11.8 Å². The fourth-order valence-corrected chi connectivity index (χ4v) is 6.30. The molecule has 2 aliphatic heterocycles. The molecule has 0 unspecified atom stereocenters. The molecule has 9 nitrogen and oxygen atoms in total. The number of halogens is 2. The molecular formula is C30H33F2N7O2. The number of aromatic nitrogens is 3. The zero-order chi connectivity index (χ0) is 28.9. The molecule has 214 valence electrons. The number of pyridine rings is 1. The van der Waals surface area contributed by atoms with Crippen LogP contribution in [0.2, 0.25) is 0 Å². The SMILES string of the molecule is CCOc1cc([C@H](C)N2CC3(CC3)c3c(CN4CC(F)(F)C4)cc(Cn4ccnc4NC)cc3C2=O)ncc1C#N. The Kier molecular flexibility index (Phi) is 6.69. The second-order valence-electron chi connectivity index (χ2n) is 11.3. The molecule has 1 atom stereocenters. The first-order valence-electron chi connectivity index (χ1n) is 14.0. The fourth-order valence-electron chi connectivity index (χ4n) is 6.30. The molecule has 1 amide bonds. The first kappa shape index (κ1) is 27.1. The Labute approximate surface area is 237 Å². The summed E-state index contributed by atoms with van der Waals surface area (Å²) in [5, 5.41) is 12.5.